The zero-order chi connectivity index (χ0) is 20.9. The summed E-state index contributed by atoms with van der Waals surface area (Å²) in [5.41, 5.74) is 1.35. The molecule has 0 saturated carbocycles. The third kappa shape index (κ3) is 5.40. The van der Waals surface area contributed by atoms with Crippen molar-refractivity contribution in [3.05, 3.63) is 77.8 Å². The number of carbonyl (C=O) groups is 1. The molecule has 0 aliphatic carbocycles. The number of anilines is 3. The summed E-state index contributed by atoms with van der Waals surface area (Å²) in [4.78, 5) is 12.1. The Labute approximate surface area is 173 Å². The number of nitrogens with one attached hydrogen (secondary N) is 3. The summed E-state index contributed by atoms with van der Waals surface area (Å²) in [6, 6.07) is 18.7. The molecular formula is C20H18ClN3O4S. The minimum absolute atomic E-state index is 0.0482. The number of para-hydroxylation sites is 2. The molecule has 0 spiro atoms. The molecule has 3 rings (SSSR count). The molecule has 0 atom stereocenters. The Kier molecular flexibility index (Phi) is 6.26. The summed E-state index contributed by atoms with van der Waals surface area (Å²) in [7, 11) is -2.35. The topological polar surface area (TPSA) is 96.5 Å². The number of halogens is 1. The third-order valence-electron chi connectivity index (χ3n) is 3.88. The van der Waals surface area contributed by atoms with E-state index in [2.05, 4.69) is 15.4 Å². The van der Waals surface area contributed by atoms with Crippen LogP contribution in [0.5, 0.6) is 5.75 Å². The predicted octanol–water partition coefficient (Wildman–Crippen LogP) is 4.79. The number of sulfonamides is 1. The number of hydrogen-bond acceptors (Lipinski definition) is 4. The Balaban J connectivity index is 1.67. The van der Waals surface area contributed by atoms with Crippen LogP contribution in [-0.4, -0.2) is 21.6 Å². The second-order valence-electron chi connectivity index (χ2n) is 5.92. The Morgan fingerprint density at radius 3 is 2.00 bits per heavy atom. The highest BCUT2D eigenvalue weighted by atomic mass is 35.5. The van der Waals surface area contributed by atoms with E-state index in [4.69, 9.17) is 16.3 Å². The van der Waals surface area contributed by atoms with Gasteiger partial charge in [0.15, 0.2) is 0 Å². The molecule has 0 saturated heterocycles. The molecule has 9 heteroatoms. The number of rotatable bonds is 6. The molecule has 0 unspecified atom stereocenters. The first-order valence-corrected chi connectivity index (χ1v) is 10.3. The van der Waals surface area contributed by atoms with Crippen LogP contribution in [0.25, 0.3) is 0 Å². The van der Waals surface area contributed by atoms with Gasteiger partial charge in [0.2, 0.25) is 0 Å². The van der Waals surface area contributed by atoms with Crippen LogP contribution in [-0.2, 0) is 10.0 Å². The first-order chi connectivity index (χ1) is 13.9. The molecule has 29 heavy (non-hydrogen) atoms. The summed E-state index contributed by atoms with van der Waals surface area (Å²) in [6.45, 7) is 0. The molecule has 0 aliphatic rings. The number of amides is 2. The molecule has 2 amide bonds. The quantitative estimate of drug-likeness (QED) is 0.522. The minimum Gasteiger partial charge on any atom is -0.495 e. The fourth-order valence-corrected chi connectivity index (χ4v) is 3.67. The van der Waals surface area contributed by atoms with Crippen LogP contribution >= 0.6 is 11.6 Å². The monoisotopic (exact) mass is 431 g/mol. The SMILES string of the molecule is COc1ccccc1NS(=O)(=O)c1ccc(NC(=O)Nc2ccc(Cl)cc2)cc1. The van der Waals surface area contributed by atoms with E-state index in [1.165, 1.54) is 31.4 Å². The van der Waals surface area contributed by atoms with Crippen LogP contribution in [0.4, 0.5) is 21.9 Å². The minimum atomic E-state index is -3.81. The maximum absolute atomic E-state index is 12.6. The van der Waals surface area contributed by atoms with Crippen molar-refractivity contribution < 1.29 is 17.9 Å². The number of benzene rings is 3. The van der Waals surface area contributed by atoms with Gasteiger partial charge >= 0.3 is 6.03 Å². The average Bonchev–Trinajstić information content (AvgIpc) is 2.70. The Bertz CT molecular complexity index is 1100. The number of ether oxygens (including phenoxy) is 1. The summed E-state index contributed by atoms with van der Waals surface area (Å²) >= 11 is 5.81. The van der Waals surface area contributed by atoms with Gasteiger partial charge in [-0.3, -0.25) is 4.72 Å². The lowest BCUT2D eigenvalue weighted by Crippen LogP contribution is -2.19. The van der Waals surface area contributed by atoms with Gasteiger partial charge in [0.05, 0.1) is 17.7 Å². The highest BCUT2D eigenvalue weighted by molar-refractivity contribution is 7.92. The summed E-state index contributed by atoms with van der Waals surface area (Å²) in [6.07, 6.45) is 0. The molecule has 3 N–H and O–H groups in total. The third-order valence-corrected chi connectivity index (χ3v) is 5.51. The number of methoxy groups -OCH3 is 1. The van der Waals surface area contributed by atoms with Gasteiger partial charge in [-0.25, -0.2) is 13.2 Å². The van der Waals surface area contributed by atoms with Crippen LogP contribution in [0.1, 0.15) is 0 Å². The van der Waals surface area contributed by atoms with Crippen LogP contribution in [0.15, 0.2) is 77.7 Å². The molecule has 0 radical (unpaired) electrons. The van der Waals surface area contributed by atoms with Gasteiger partial charge in [-0.05, 0) is 60.7 Å². The van der Waals surface area contributed by atoms with Crippen molar-refractivity contribution in [3.63, 3.8) is 0 Å². The molecule has 0 bridgehead atoms. The largest absolute Gasteiger partial charge is 0.495 e. The van der Waals surface area contributed by atoms with Crippen LogP contribution in [0, 0.1) is 0 Å². The van der Waals surface area contributed by atoms with E-state index < -0.39 is 16.1 Å². The summed E-state index contributed by atoms with van der Waals surface area (Å²) < 4.78 is 32.8. The lowest BCUT2D eigenvalue weighted by atomic mass is 10.3. The maximum Gasteiger partial charge on any atom is 0.323 e. The first-order valence-electron chi connectivity index (χ1n) is 8.47. The van der Waals surface area contributed by atoms with Crippen molar-refractivity contribution in [1.82, 2.24) is 0 Å². The fraction of sp³-hybridized carbons (Fsp3) is 0.0500. The second kappa shape index (κ2) is 8.85. The highest BCUT2D eigenvalue weighted by Gasteiger charge is 2.16. The van der Waals surface area contributed by atoms with E-state index in [-0.39, 0.29) is 4.90 Å². The van der Waals surface area contributed by atoms with Crippen molar-refractivity contribution in [3.8, 4) is 5.75 Å². The molecule has 0 aliphatic heterocycles. The maximum atomic E-state index is 12.6. The summed E-state index contributed by atoms with van der Waals surface area (Å²) in [5, 5.41) is 5.85. The van der Waals surface area contributed by atoms with Gasteiger partial charge in [0, 0.05) is 16.4 Å². The highest BCUT2D eigenvalue weighted by Crippen LogP contribution is 2.26. The molecule has 3 aromatic carbocycles. The van der Waals surface area contributed by atoms with E-state index in [0.717, 1.165) is 0 Å². The fourth-order valence-electron chi connectivity index (χ4n) is 2.48. The van der Waals surface area contributed by atoms with E-state index in [9.17, 15) is 13.2 Å². The van der Waals surface area contributed by atoms with Gasteiger partial charge in [0.25, 0.3) is 10.0 Å². The molecule has 0 aromatic heterocycles. The lowest BCUT2D eigenvalue weighted by molar-refractivity contribution is 0.262. The lowest BCUT2D eigenvalue weighted by Gasteiger charge is -2.12. The van der Waals surface area contributed by atoms with Gasteiger partial charge in [-0.1, -0.05) is 23.7 Å². The molecule has 7 nitrogen and oxygen atoms in total. The Morgan fingerprint density at radius 2 is 1.41 bits per heavy atom. The van der Waals surface area contributed by atoms with Crippen LogP contribution in [0.2, 0.25) is 5.02 Å². The molecule has 3 aromatic rings. The van der Waals surface area contributed by atoms with Crippen molar-refractivity contribution in [2.45, 2.75) is 4.90 Å². The van der Waals surface area contributed by atoms with E-state index >= 15 is 0 Å². The number of carbonyl (C=O) groups excluding carboxylic acids is 1. The standard InChI is InChI=1S/C20H18ClN3O4S/c1-28-19-5-3-2-4-18(19)24-29(26,27)17-12-10-16(11-13-17)23-20(25)22-15-8-6-14(21)7-9-15/h2-13,24H,1H3,(H2,22,23,25). The van der Waals surface area contributed by atoms with E-state index in [0.29, 0.717) is 27.8 Å². The van der Waals surface area contributed by atoms with Gasteiger partial charge in [0.1, 0.15) is 5.75 Å². The van der Waals surface area contributed by atoms with E-state index in [1.807, 2.05) is 0 Å². The van der Waals surface area contributed by atoms with Crippen molar-refractivity contribution in [2.75, 3.05) is 22.5 Å². The van der Waals surface area contributed by atoms with E-state index in [1.54, 1.807) is 48.5 Å². The van der Waals surface area contributed by atoms with Crippen molar-refractivity contribution in [2.24, 2.45) is 0 Å². The second-order valence-corrected chi connectivity index (χ2v) is 8.04. The smallest absolute Gasteiger partial charge is 0.323 e. The van der Waals surface area contributed by atoms with Crippen LogP contribution < -0.4 is 20.1 Å². The average molecular weight is 432 g/mol. The van der Waals surface area contributed by atoms with Gasteiger partial charge in [-0.2, -0.15) is 0 Å². The molecule has 0 fully saturated rings. The zero-order valence-corrected chi connectivity index (χ0v) is 16.9. The van der Waals surface area contributed by atoms with Crippen molar-refractivity contribution in [1.29, 1.82) is 0 Å². The van der Waals surface area contributed by atoms with Crippen LogP contribution in [0.3, 0.4) is 0 Å². The molecule has 150 valence electrons. The van der Waals surface area contributed by atoms with Gasteiger partial charge < -0.3 is 15.4 Å². The van der Waals surface area contributed by atoms with Gasteiger partial charge in [-0.15, -0.1) is 0 Å². The van der Waals surface area contributed by atoms with Crippen molar-refractivity contribution >= 4 is 44.7 Å². The zero-order valence-electron chi connectivity index (χ0n) is 15.3. The molecule has 0 heterocycles. The Morgan fingerprint density at radius 1 is 0.862 bits per heavy atom. The first kappa shape index (κ1) is 20.5. The predicted molar refractivity (Wildman–Crippen MR) is 114 cm³/mol. The Hall–Kier alpha value is -3.23. The normalized spacial score (nSPS) is 10.8. The molecular weight excluding hydrogens is 414 g/mol. The summed E-state index contributed by atoms with van der Waals surface area (Å²) in [5.74, 6) is 0.410. The number of urea groups is 1. The number of hydrogen-bond donors (Lipinski definition) is 3.